The Bertz CT molecular complexity index is 904. The van der Waals surface area contributed by atoms with Crippen molar-refractivity contribution in [3.05, 3.63) is 59.4 Å². The highest BCUT2D eigenvalue weighted by Gasteiger charge is 2.12. The van der Waals surface area contributed by atoms with Crippen molar-refractivity contribution in [3.63, 3.8) is 0 Å². The molecule has 0 bridgehead atoms. The van der Waals surface area contributed by atoms with E-state index in [-0.39, 0.29) is 17.7 Å². The van der Waals surface area contributed by atoms with Crippen molar-refractivity contribution >= 4 is 29.2 Å². The normalized spacial score (nSPS) is 9.81. The SMILES string of the molecule is Cc1ccc(NC(=O)COC(=O)c2ccc(NC(=O)CC#N)cc2)c(F)c1. The molecule has 7 nitrogen and oxygen atoms in total. The van der Waals surface area contributed by atoms with Gasteiger partial charge >= 0.3 is 5.97 Å². The first-order chi connectivity index (χ1) is 12.9. The number of carbonyl (C=O) groups is 3. The molecular weight excluding hydrogens is 353 g/mol. The predicted octanol–water partition coefficient (Wildman–Crippen LogP) is 2.78. The number of ether oxygens (including phenoxy) is 1. The van der Waals surface area contributed by atoms with Crippen molar-refractivity contribution in [2.75, 3.05) is 17.2 Å². The number of hydrogen-bond acceptors (Lipinski definition) is 5. The molecule has 138 valence electrons. The molecule has 0 aromatic heterocycles. The van der Waals surface area contributed by atoms with E-state index in [1.807, 2.05) is 0 Å². The summed E-state index contributed by atoms with van der Waals surface area (Å²) >= 11 is 0. The third-order valence-electron chi connectivity index (χ3n) is 3.38. The van der Waals surface area contributed by atoms with E-state index in [1.165, 1.54) is 36.4 Å². The first kappa shape index (κ1) is 19.6. The van der Waals surface area contributed by atoms with Crippen LogP contribution in [0.3, 0.4) is 0 Å². The van der Waals surface area contributed by atoms with Gasteiger partial charge in [0.2, 0.25) is 5.91 Å². The van der Waals surface area contributed by atoms with Gasteiger partial charge in [-0.05, 0) is 48.9 Å². The smallest absolute Gasteiger partial charge is 0.338 e. The van der Waals surface area contributed by atoms with Crippen LogP contribution in [0.25, 0.3) is 0 Å². The maximum absolute atomic E-state index is 13.7. The van der Waals surface area contributed by atoms with E-state index in [0.29, 0.717) is 11.3 Å². The molecular formula is C19H16FN3O4. The minimum atomic E-state index is -0.746. The first-order valence-corrected chi connectivity index (χ1v) is 7.89. The number of carbonyl (C=O) groups excluding carboxylic acids is 3. The Balaban J connectivity index is 1.86. The van der Waals surface area contributed by atoms with Crippen molar-refractivity contribution in [1.29, 1.82) is 5.26 Å². The second-order valence-corrected chi connectivity index (χ2v) is 5.57. The highest BCUT2D eigenvalue weighted by Crippen LogP contribution is 2.15. The summed E-state index contributed by atoms with van der Waals surface area (Å²) in [6.45, 7) is 1.14. The van der Waals surface area contributed by atoms with Crippen LogP contribution in [0.2, 0.25) is 0 Å². The van der Waals surface area contributed by atoms with Crippen LogP contribution >= 0.6 is 0 Å². The molecule has 0 aliphatic heterocycles. The van der Waals surface area contributed by atoms with Gasteiger partial charge in [-0.2, -0.15) is 5.26 Å². The summed E-state index contributed by atoms with van der Waals surface area (Å²) in [6, 6.07) is 11.8. The van der Waals surface area contributed by atoms with E-state index < -0.39 is 30.2 Å². The van der Waals surface area contributed by atoms with Gasteiger partial charge in [0.25, 0.3) is 5.91 Å². The zero-order valence-corrected chi connectivity index (χ0v) is 14.4. The summed E-state index contributed by atoms with van der Waals surface area (Å²) in [4.78, 5) is 35.0. The monoisotopic (exact) mass is 369 g/mol. The summed E-state index contributed by atoms with van der Waals surface area (Å²) in [7, 11) is 0. The lowest BCUT2D eigenvalue weighted by Gasteiger charge is -2.08. The van der Waals surface area contributed by atoms with Gasteiger partial charge in [-0.15, -0.1) is 0 Å². The van der Waals surface area contributed by atoms with Gasteiger partial charge < -0.3 is 15.4 Å². The van der Waals surface area contributed by atoms with E-state index >= 15 is 0 Å². The van der Waals surface area contributed by atoms with E-state index in [9.17, 15) is 18.8 Å². The molecule has 0 saturated heterocycles. The summed E-state index contributed by atoms with van der Waals surface area (Å²) in [5, 5.41) is 13.2. The van der Waals surface area contributed by atoms with E-state index in [4.69, 9.17) is 10.00 Å². The number of amides is 2. The van der Waals surface area contributed by atoms with E-state index in [0.717, 1.165) is 0 Å². The van der Waals surface area contributed by atoms with Gasteiger partial charge in [0, 0.05) is 5.69 Å². The molecule has 0 radical (unpaired) electrons. The van der Waals surface area contributed by atoms with Gasteiger partial charge in [0.15, 0.2) is 6.61 Å². The Morgan fingerprint density at radius 3 is 2.41 bits per heavy atom. The highest BCUT2D eigenvalue weighted by molar-refractivity contribution is 5.96. The molecule has 0 heterocycles. The van der Waals surface area contributed by atoms with Crippen LogP contribution in [-0.2, 0) is 14.3 Å². The second kappa shape index (κ2) is 9.10. The zero-order chi connectivity index (χ0) is 19.8. The Morgan fingerprint density at radius 2 is 1.78 bits per heavy atom. The lowest BCUT2D eigenvalue weighted by Crippen LogP contribution is -2.21. The maximum Gasteiger partial charge on any atom is 0.338 e. The Kier molecular flexibility index (Phi) is 6.61. The summed E-state index contributed by atoms with van der Waals surface area (Å²) < 4.78 is 18.6. The number of esters is 1. The number of halogens is 1. The lowest BCUT2D eigenvalue weighted by molar-refractivity contribution is -0.119. The molecule has 2 N–H and O–H groups in total. The molecule has 2 aromatic rings. The van der Waals surface area contributed by atoms with E-state index in [1.54, 1.807) is 19.1 Å². The molecule has 0 fully saturated rings. The van der Waals surface area contributed by atoms with Crippen LogP contribution in [0.5, 0.6) is 0 Å². The predicted molar refractivity (Wildman–Crippen MR) is 95.4 cm³/mol. The molecule has 0 saturated carbocycles. The molecule has 2 rings (SSSR count). The van der Waals surface area contributed by atoms with Gasteiger partial charge in [0.05, 0.1) is 17.3 Å². The molecule has 0 aliphatic carbocycles. The molecule has 0 spiro atoms. The van der Waals surface area contributed by atoms with Crippen LogP contribution in [0, 0.1) is 24.1 Å². The highest BCUT2D eigenvalue weighted by atomic mass is 19.1. The average Bonchev–Trinajstić information content (AvgIpc) is 2.63. The number of rotatable bonds is 6. The molecule has 2 aromatic carbocycles. The van der Waals surface area contributed by atoms with Crippen LogP contribution < -0.4 is 10.6 Å². The van der Waals surface area contributed by atoms with Crippen LogP contribution in [0.15, 0.2) is 42.5 Å². The van der Waals surface area contributed by atoms with Gasteiger partial charge in [-0.3, -0.25) is 9.59 Å². The topological polar surface area (TPSA) is 108 Å². The number of hydrogen-bond donors (Lipinski definition) is 2. The van der Waals surface area contributed by atoms with Crippen molar-refractivity contribution in [3.8, 4) is 6.07 Å². The quantitative estimate of drug-likeness (QED) is 0.761. The lowest BCUT2D eigenvalue weighted by atomic mass is 10.2. The zero-order valence-electron chi connectivity index (χ0n) is 14.4. The van der Waals surface area contributed by atoms with Crippen molar-refractivity contribution in [1.82, 2.24) is 0 Å². The molecule has 0 unspecified atom stereocenters. The molecule has 0 atom stereocenters. The van der Waals surface area contributed by atoms with Crippen LogP contribution in [-0.4, -0.2) is 24.4 Å². The third-order valence-corrected chi connectivity index (χ3v) is 3.38. The Hall–Kier alpha value is -3.73. The summed E-state index contributed by atoms with van der Waals surface area (Å²) in [6.07, 6.45) is -0.277. The van der Waals surface area contributed by atoms with Gasteiger partial charge in [0.1, 0.15) is 12.2 Å². The fourth-order valence-corrected chi connectivity index (χ4v) is 2.09. The second-order valence-electron chi connectivity index (χ2n) is 5.57. The van der Waals surface area contributed by atoms with Crippen molar-refractivity contribution in [2.24, 2.45) is 0 Å². The van der Waals surface area contributed by atoms with Gasteiger partial charge in [-0.25, -0.2) is 9.18 Å². The number of nitrogens with one attached hydrogen (secondary N) is 2. The minimum absolute atomic E-state index is 0.000822. The van der Waals surface area contributed by atoms with Crippen LogP contribution in [0.4, 0.5) is 15.8 Å². The standard InChI is InChI=1S/C19H16FN3O4/c1-12-2-7-16(15(20)10-12)23-18(25)11-27-19(26)13-3-5-14(6-4-13)22-17(24)8-9-21/h2-7,10H,8,11H2,1H3,(H,22,24)(H,23,25). The van der Waals surface area contributed by atoms with Crippen molar-refractivity contribution in [2.45, 2.75) is 13.3 Å². The Morgan fingerprint density at radius 1 is 1.07 bits per heavy atom. The van der Waals surface area contributed by atoms with E-state index in [2.05, 4.69) is 10.6 Å². The fraction of sp³-hybridized carbons (Fsp3) is 0.158. The molecule has 8 heteroatoms. The first-order valence-electron chi connectivity index (χ1n) is 7.89. The van der Waals surface area contributed by atoms with Crippen molar-refractivity contribution < 1.29 is 23.5 Å². The molecule has 2 amide bonds. The molecule has 0 aliphatic rings. The molecule has 27 heavy (non-hydrogen) atoms. The van der Waals surface area contributed by atoms with Crippen LogP contribution in [0.1, 0.15) is 22.3 Å². The number of benzene rings is 2. The maximum atomic E-state index is 13.7. The summed E-state index contributed by atoms with van der Waals surface area (Å²) in [5.41, 5.74) is 1.30. The number of nitriles is 1. The minimum Gasteiger partial charge on any atom is -0.452 e. The third kappa shape index (κ3) is 5.93. The summed E-state index contributed by atoms with van der Waals surface area (Å²) in [5.74, 6) is -2.47. The number of aryl methyl sites for hydroxylation is 1. The number of nitrogens with zero attached hydrogens (tertiary/aromatic N) is 1. The number of anilines is 2. The fourth-order valence-electron chi connectivity index (χ4n) is 2.09. The largest absolute Gasteiger partial charge is 0.452 e. The average molecular weight is 369 g/mol. The van der Waals surface area contributed by atoms with Gasteiger partial charge in [-0.1, -0.05) is 6.07 Å². The Labute approximate surface area is 154 Å².